The molecule has 0 aromatic rings. The summed E-state index contributed by atoms with van der Waals surface area (Å²) in [6.07, 6.45) is 1.53. The van der Waals surface area contributed by atoms with Crippen molar-refractivity contribution in [2.24, 2.45) is 0 Å². The Morgan fingerprint density at radius 3 is 2.94 bits per heavy atom. The highest BCUT2D eigenvalue weighted by Gasteiger charge is 2.28. The van der Waals surface area contributed by atoms with Crippen LogP contribution in [0, 0.1) is 0 Å². The summed E-state index contributed by atoms with van der Waals surface area (Å²) in [6.45, 7) is 10.1. The van der Waals surface area contributed by atoms with Gasteiger partial charge in [0, 0.05) is 31.7 Å². The Kier molecular flexibility index (Phi) is 4.58. The highest BCUT2D eigenvalue weighted by molar-refractivity contribution is 4.82. The van der Waals surface area contributed by atoms with E-state index in [2.05, 4.69) is 24.1 Å². The lowest BCUT2D eigenvalue weighted by atomic mass is 10.1. The smallest absolute Gasteiger partial charge is 0.0674 e. The summed E-state index contributed by atoms with van der Waals surface area (Å²) >= 11 is 0. The summed E-state index contributed by atoms with van der Waals surface area (Å²) in [7, 11) is 0. The molecule has 0 amide bonds. The normalized spacial score (nSPS) is 37.5. The molecule has 2 aliphatic heterocycles. The van der Waals surface area contributed by atoms with Crippen LogP contribution >= 0.6 is 0 Å². The molecule has 0 saturated carbocycles. The van der Waals surface area contributed by atoms with Gasteiger partial charge in [-0.1, -0.05) is 6.92 Å². The molecular formula is C12H24N2O2. The summed E-state index contributed by atoms with van der Waals surface area (Å²) in [4.78, 5) is 2.56. The Morgan fingerprint density at radius 2 is 2.25 bits per heavy atom. The maximum absolute atomic E-state index is 5.71. The second-order valence-electron chi connectivity index (χ2n) is 4.89. The molecule has 16 heavy (non-hydrogen) atoms. The van der Waals surface area contributed by atoms with Gasteiger partial charge in [0.1, 0.15) is 0 Å². The van der Waals surface area contributed by atoms with Crippen LogP contribution in [0.5, 0.6) is 0 Å². The van der Waals surface area contributed by atoms with Crippen molar-refractivity contribution >= 4 is 0 Å². The zero-order chi connectivity index (χ0) is 11.4. The zero-order valence-corrected chi connectivity index (χ0v) is 10.4. The number of nitrogens with zero attached hydrogens (tertiary/aromatic N) is 1. The molecule has 2 aliphatic rings. The highest BCUT2D eigenvalue weighted by Crippen LogP contribution is 2.15. The predicted octanol–water partition coefficient (Wildman–Crippen LogP) is 0.474. The van der Waals surface area contributed by atoms with Gasteiger partial charge in [0.05, 0.1) is 25.9 Å². The van der Waals surface area contributed by atoms with E-state index in [0.717, 1.165) is 39.5 Å². The maximum Gasteiger partial charge on any atom is 0.0674 e. The van der Waals surface area contributed by atoms with Gasteiger partial charge in [0.15, 0.2) is 0 Å². The van der Waals surface area contributed by atoms with Crippen molar-refractivity contribution in [3.63, 3.8) is 0 Å². The van der Waals surface area contributed by atoms with Crippen molar-refractivity contribution in [1.29, 1.82) is 0 Å². The molecule has 3 atom stereocenters. The average molecular weight is 228 g/mol. The van der Waals surface area contributed by atoms with Gasteiger partial charge in [0.2, 0.25) is 0 Å². The fourth-order valence-electron chi connectivity index (χ4n) is 2.53. The van der Waals surface area contributed by atoms with Crippen LogP contribution in [0.25, 0.3) is 0 Å². The van der Waals surface area contributed by atoms with Gasteiger partial charge >= 0.3 is 0 Å². The largest absolute Gasteiger partial charge is 0.378 e. The molecule has 1 N–H and O–H groups in total. The van der Waals surface area contributed by atoms with Crippen LogP contribution in [-0.4, -0.2) is 62.5 Å². The molecular weight excluding hydrogens is 204 g/mol. The Balaban J connectivity index is 1.84. The summed E-state index contributed by atoms with van der Waals surface area (Å²) in [5.74, 6) is 0. The third-order valence-electron chi connectivity index (χ3n) is 3.51. The molecule has 4 heteroatoms. The van der Waals surface area contributed by atoms with Crippen LogP contribution < -0.4 is 5.32 Å². The summed E-state index contributed by atoms with van der Waals surface area (Å²) in [5, 5.41) is 3.52. The minimum absolute atomic E-state index is 0.368. The van der Waals surface area contributed by atoms with Gasteiger partial charge in [0.25, 0.3) is 0 Å². The number of morpholine rings is 2. The minimum Gasteiger partial charge on any atom is -0.378 e. The summed E-state index contributed by atoms with van der Waals surface area (Å²) in [5.41, 5.74) is 0. The predicted molar refractivity (Wildman–Crippen MR) is 63.7 cm³/mol. The SMILES string of the molecule is CCC1COC(C)CN1CC1COCCN1. The first-order chi connectivity index (χ1) is 7.79. The first-order valence-electron chi connectivity index (χ1n) is 6.46. The Morgan fingerprint density at radius 1 is 1.38 bits per heavy atom. The number of rotatable bonds is 3. The quantitative estimate of drug-likeness (QED) is 0.761. The second kappa shape index (κ2) is 5.96. The molecule has 2 rings (SSSR count). The molecule has 2 saturated heterocycles. The van der Waals surface area contributed by atoms with Crippen molar-refractivity contribution in [2.75, 3.05) is 39.5 Å². The van der Waals surface area contributed by atoms with Gasteiger partial charge in [-0.15, -0.1) is 0 Å². The fraction of sp³-hybridized carbons (Fsp3) is 1.00. The van der Waals surface area contributed by atoms with Crippen LogP contribution in [0.2, 0.25) is 0 Å². The van der Waals surface area contributed by atoms with E-state index in [1.54, 1.807) is 0 Å². The van der Waals surface area contributed by atoms with E-state index in [9.17, 15) is 0 Å². The Hall–Kier alpha value is -0.160. The lowest BCUT2D eigenvalue weighted by Crippen LogP contribution is -2.55. The topological polar surface area (TPSA) is 33.7 Å². The van der Waals surface area contributed by atoms with Crippen molar-refractivity contribution in [1.82, 2.24) is 10.2 Å². The first-order valence-corrected chi connectivity index (χ1v) is 6.46. The van der Waals surface area contributed by atoms with E-state index in [4.69, 9.17) is 9.47 Å². The van der Waals surface area contributed by atoms with E-state index < -0.39 is 0 Å². The number of ether oxygens (including phenoxy) is 2. The third-order valence-corrected chi connectivity index (χ3v) is 3.51. The Bertz CT molecular complexity index is 207. The lowest BCUT2D eigenvalue weighted by Gasteiger charge is -2.40. The van der Waals surface area contributed by atoms with Gasteiger partial charge in [-0.3, -0.25) is 4.90 Å². The molecule has 4 nitrogen and oxygen atoms in total. The maximum atomic E-state index is 5.71. The number of hydrogen-bond acceptors (Lipinski definition) is 4. The molecule has 0 aromatic carbocycles. The van der Waals surface area contributed by atoms with Crippen molar-refractivity contribution in [2.45, 2.75) is 38.5 Å². The van der Waals surface area contributed by atoms with Crippen LogP contribution in [0.4, 0.5) is 0 Å². The van der Waals surface area contributed by atoms with E-state index in [1.807, 2.05) is 0 Å². The number of nitrogens with one attached hydrogen (secondary N) is 1. The van der Waals surface area contributed by atoms with E-state index in [1.165, 1.54) is 6.42 Å². The van der Waals surface area contributed by atoms with E-state index in [0.29, 0.717) is 18.2 Å². The Labute approximate surface area is 98.3 Å². The van der Waals surface area contributed by atoms with Gasteiger partial charge in [-0.2, -0.15) is 0 Å². The van der Waals surface area contributed by atoms with Crippen molar-refractivity contribution in [3.8, 4) is 0 Å². The van der Waals surface area contributed by atoms with Crippen molar-refractivity contribution in [3.05, 3.63) is 0 Å². The van der Waals surface area contributed by atoms with Gasteiger partial charge in [-0.25, -0.2) is 0 Å². The molecule has 0 aromatic heterocycles. The molecule has 3 unspecified atom stereocenters. The summed E-state index contributed by atoms with van der Waals surface area (Å²) in [6, 6.07) is 1.08. The average Bonchev–Trinajstić information content (AvgIpc) is 2.31. The van der Waals surface area contributed by atoms with Gasteiger partial charge < -0.3 is 14.8 Å². The standard InChI is InChI=1S/C12H24N2O2/c1-3-12-9-16-10(2)6-14(12)7-11-8-15-5-4-13-11/h10-13H,3-9H2,1-2H3. The molecule has 0 radical (unpaired) electrons. The summed E-state index contributed by atoms with van der Waals surface area (Å²) < 4.78 is 11.2. The number of hydrogen-bond donors (Lipinski definition) is 1. The van der Waals surface area contributed by atoms with Gasteiger partial charge in [-0.05, 0) is 13.3 Å². The highest BCUT2D eigenvalue weighted by atomic mass is 16.5. The fourth-order valence-corrected chi connectivity index (χ4v) is 2.53. The van der Waals surface area contributed by atoms with Crippen LogP contribution in [0.1, 0.15) is 20.3 Å². The molecule has 2 heterocycles. The first kappa shape index (κ1) is 12.3. The molecule has 0 aliphatic carbocycles. The third kappa shape index (κ3) is 3.17. The molecule has 2 fully saturated rings. The zero-order valence-electron chi connectivity index (χ0n) is 10.4. The minimum atomic E-state index is 0.368. The molecule has 0 spiro atoms. The lowest BCUT2D eigenvalue weighted by molar-refractivity contribution is -0.0638. The monoisotopic (exact) mass is 228 g/mol. The molecule has 94 valence electrons. The van der Waals surface area contributed by atoms with E-state index in [-0.39, 0.29) is 0 Å². The van der Waals surface area contributed by atoms with Crippen molar-refractivity contribution < 1.29 is 9.47 Å². The van der Waals surface area contributed by atoms with Crippen LogP contribution in [-0.2, 0) is 9.47 Å². The van der Waals surface area contributed by atoms with Crippen LogP contribution in [0.15, 0.2) is 0 Å². The van der Waals surface area contributed by atoms with E-state index >= 15 is 0 Å². The van der Waals surface area contributed by atoms with Crippen LogP contribution in [0.3, 0.4) is 0 Å². The second-order valence-corrected chi connectivity index (χ2v) is 4.89. The molecule has 0 bridgehead atoms.